The SMILES string of the molecule is CCOc1cc(C(=O)Nc2ccc(NC(C)c3ccccc3)cc2)ccn1. The quantitative estimate of drug-likeness (QED) is 0.628. The molecule has 0 aliphatic rings. The Balaban J connectivity index is 1.62. The zero-order chi connectivity index (χ0) is 19.1. The molecule has 0 radical (unpaired) electrons. The third-order valence-corrected chi connectivity index (χ3v) is 4.11. The predicted molar refractivity (Wildman–Crippen MR) is 108 cm³/mol. The maximum Gasteiger partial charge on any atom is 0.255 e. The first kappa shape index (κ1) is 18.5. The average molecular weight is 361 g/mol. The van der Waals surface area contributed by atoms with Crippen molar-refractivity contribution in [3.05, 3.63) is 84.1 Å². The van der Waals surface area contributed by atoms with Gasteiger partial charge >= 0.3 is 0 Å². The summed E-state index contributed by atoms with van der Waals surface area (Å²) < 4.78 is 5.34. The van der Waals surface area contributed by atoms with Crippen LogP contribution in [-0.4, -0.2) is 17.5 Å². The highest BCUT2D eigenvalue weighted by Gasteiger charge is 2.09. The number of hydrogen-bond acceptors (Lipinski definition) is 4. The van der Waals surface area contributed by atoms with Crippen LogP contribution in [0.2, 0.25) is 0 Å². The molecule has 0 spiro atoms. The van der Waals surface area contributed by atoms with E-state index in [2.05, 4.69) is 34.7 Å². The van der Waals surface area contributed by atoms with Crippen LogP contribution in [0.25, 0.3) is 0 Å². The molecule has 3 aromatic rings. The zero-order valence-electron chi connectivity index (χ0n) is 15.5. The van der Waals surface area contributed by atoms with Crippen molar-refractivity contribution in [3.63, 3.8) is 0 Å². The smallest absolute Gasteiger partial charge is 0.255 e. The Kier molecular flexibility index (Phi) is 6.05. The fourth-order valence-corrected chi connectivity index (χ4v) is 2.71. The van der Waals surface area contributed by atoms with Crippen LogP contribution in [-0.2, 0) is 0 Å². The molecule has 0 bridgehead atoms. The first-order chi connectivity index (χ1) is 13.2. The number of nitrogens with zero attached hydrogens (tertiary/aromatic N) is 1. The molecule has 0 saturated carbocycles. The molecule has 1 unspecified atom stereocenters. The van der Waals surface area contributed by atoms with E-state index in [1.54, 1.807) is 18.3 Å². The van der Waals surface area contributed by atoms with Gasteiger partial charge in [0.25, 0.3) is 5.91 Å². The Bertz CT molecular complexity index is 880. The van der Waals surface area contributed by atoms with Crippen molar-refractivity contribution >= 4 is 17.3 Å². The summed E-state index contributed by atoms with van der Waals surface area (Å²) in [4.78, 5) is 16.5. The van der Waals surface area contributed by atoms with Gasteiger partial charge in [0.2, 0.25) is 5.88 Å². The van der Waals surface area contributed by atoms with Gasteiger partial charge in [-0.2, -0.15) is 0 Å². The Hall–Kier alpha value is -3.34. The number of carbonyl (C=O) groups is 1. The summed E-state index contributed by atoms with van der Waals surface area (Å²) in [7, 11) is 0. The van der Waals surface area contributed by atoms with Crippen molar-refractivity contribution in [2.75, 3.05) is 17.2 Å². The van der Waals surface area contributed by atoms with E-state index in [-0.39, 0.29) is 11.9 Å². The highest BCUT2D eigenvalue weighted by atomic mass is 16.5. The normalized spacial score (nSPS) is 11.5. The fraction of sp³-hybridized carbons (Fsp3) is 0.182. The van der Waals surface area contributed by atoms with Crippen molar-refractivity contribution in [1.29, 1.82) is 0 Å². The first-order valence-corrected chi connectivity index (χ1v) is 8.97. The summed E-state index contributed by atoms with van der Waals surface area (Å²) in [5.41, 5.74) is 3.45. The minimum atomic E-state index is -0.197. The van der Waals surface area contributed by atoms with Gasteiger partial charge < -0.3 is 15.4 Å². The number of hydrogen-bond donors (Lipinski definition) is 2. The fourth-order valence-electron chi connectivity index (χ4n) is 2.71. The molecule has 1 aromatic heterocycles. The minimum Gasteiger partial charge on any atom is -0.478 e. The molecule has 2 N–H and O–H groups in total. The van der Waals surface area contributed by atoms with Crippen LogP contribution in [0.4, 0.5) is 11.4 Å². The van der Waals surface area contributed by atoms with Crippen molar-refractivity contribution in [3.8, 4) is 5.88 Å². The Morgan fingerprint density at radius 2 is 1.74 bits per heavy atom. The minimum absolute atomic E-state index is 0.195. The lowest BCUT2D eigenvalue weighted by molar-refractivity contribution is 0.102. The molecular formula is C22H23N3O2. The van der Waals surface area contributed by atoms with E-state index >= 15 is 0 Å². The second kappa shape index (κ2) is 8.85. The number of nitrogens with one attached hydrogen (secondary N) is 2. The lowest BCUT2D eigenvalue weighted by atomic mass is 10.1. The lowest BCUT2D eigenvalue weighted by Gasteiger charge is -2.16. The van der Waals surface area contributed by atoms with Gasteiger partial charge in [0.15, 0.2) is 0 Å². The molecule has 5 heteroatoms. The number of benzene rings is 2. The van der Waals surface area contributed by atoms with E-state index in [0.717, 1.165) is 11.4 Å². The van der Waals surface area contributed by atoms with Gasteiger partial charge in [0, 0.05) is 35.2 Å². The summed E-state index contributed by atoms with van der Waals surface area (Å²) in [6.45, 7) is 4.50. The second-order valence-corrected chi connectivity index (χ2v) is 6.12. The van der Waals surface area contributed by atoms with Gasteiger partial charge in [0.1, 0.15) is 0 Å². The highest BCUT2D eigenvalue weighted by molar-refractivity contribution is 6.04. The monoisotopic (exact) mass is 361 g/mol. The highest BCUT2D eigenvalue weighted by Crippen LogP contribution is 2.21. The van der Waals surface area contributed by atoms with Gasteiger partial charge in [-0.15, -0.1) is 0 Å². The predicted octanol–water partition coefficient (Wildman–Crippen LogP) is 4.91. The maximum atomic E-state index is 12.4. The van der Waals surface area contributed by atoms with Crippen LogP contribution >= 0.6 is 0 Å². The van der Waals surface area contributed by atoms with E-state index in [4.69, 9.17) is 4.74 Å². The molecule has 27 heavy (non-hydrogen) atoms. The van der Waals surface area contributed by atoms with Gasteiger partial charge in [-0.3, -0.25) is 4.79 Å². The van der Waals surface area contributed by atoms with Gasteiger partial charge in [-0.1, -0.05) is 30.3 Å². The van der Waals surface area contributed by atoms with Crippen molar-refractivity contribution in [1.82, 2.24) is 4.98 Å². The molecular weight excluding hydrogens is 338 g/mol. The van der Waals surface area contributed by atoms with Crippen LogP contribution < -0.4 is 15.4 Å². The van der Waals surface area contributed by atoms with Crippen molar-refractivity contribution < 1.29 is 9.53 Å². The maximum absolute atomic E-state index is 12.4. The van der Waals surface area contributed by atoms with Crippen molar-refractivity contribution in [2.24, 2.45) is 0 Å². The number of carbonyl (C=O) groups excluding carboxylic acids is 1. The summed E-state index contributed by atoms with van der Waals surface area (Å²) in [6.07, 6.45) is 1.57. The number of ether oxygens (including phenoxy) is 1. The molecule has 0 aliphatic heterocycles. The number of aromatic nitrogens is 1. The molecule has 3 rings (SSSR count). The lowest BCUT2D eigenvalue weighted by Crippen LogP contribution is -2.12. The topological polar surface area (TPSA) is 63.2 Å². The average Bonchev–Trinajstić information content (AvgIpc) is 2.70. The van der Waals surface area contributed by atoms with Crippen LogP contribution in [0, 0.1) is 0 Å². The van der Waals surface area contributed by atoms with Crippen molar-refractivity contribution in [2.45, 2.75) is 19.9 Å². The zero-order valence-corrected chi connectivity index (χ0v) is 15.5. The van der Waals surface area contributed by atoms with Gasteiger partial charge in [-0.05, 0) is 49.7 Å². The number of amides is 1. The van der Waals surface area contributed by atoms with Gasteiger partial charge in [0.05, 0.1) is 6.61 Å². The molecule has 5 nitrogen and oxygen atoms in total. The molecule has 0 aliphatic carbocycles. The molecule has 2 aromatic carbocycles. The van der Waals surface area contributed by atoms with Gasteiger partial charge in [-0.25, -0.2) is 4.98 Å². The van der Waals surface area contributed by atoms with E-state index in [1.807, 2.05) is 49.4 Å². The summed E-state index contributed by atoms with van der Waals surface area (Å²) in [6, 6.07) is 21.4. The Morgan fingerprint density at radius 1 is 1.04 bits per heavy atom. The van der Waals surface area contributed by atoms with Crippen LogP contribution in [0.15, 0.2) is 72.9 Å². The van der Waals surface area contributed by atoms with Crippen LogP contribution in [0.5, 0.6) is 5.88 Å². The summed E-state index contributed by atoms with van der Waals surface area (Å²) >= 11 is 0. The number of rotatable bonds is 7. The first-order valence-electron chi connectivity index (χ1n) is 8.97. The Morgan fingerprint density at radius 3 is 2.44 bits per heavy atom. The van der Waals surface area contributed by atoms with E-state index in [1.165, 1.54) is 5.56 Å². The third kappa shape index (κ3) is 5.07. The number of anilines is 2. The second-order valence-electron chi connectivity index (χ2n) is 6.12. The Labute approximate surface area is 159 Å². The molecule has 0 fully saturated rings. The van der Waals surface area contributed by atoms with E-state index < -0.39 is 0 Å². The third-order valence-electron chi connectivity index (χ3n) is 4.11. The number of pyridine rings is 1. The molecule has 1 amide bonds. The largest absolute Gasteiger partial charge is 0.478 e. The molecule has 0 saturated heterocycles. The molecule has 1 heterocycles. The summed E-state index contributed by atoms with van der Waals surface area (Å²) in [5.74, 6) is 0.247. The summed E-state index contributed by atoms with van der Waals surface area (Å²) in [5, 5.41) is 6.34. The van der Waals surface area contributed by atoms with Crippen LogP contribution in [0.3, 0.4) is 0 Å². The van der Waals surface area contributed by atoms with Crippen LogP contribution in [0.1, 0.15) is 35.8 Å². The van der Waals surface area contributed by atoms with E-state index in [9.17, 15) is 4.79 Å². The van der Waals surface area contributed by atoms with E-state index in [0.29, 0.717) is 18.1 Å². The molecule has 138 valence electrons. The standard InChI is InChI=1S/C22H23N3O2/c1-3-27-21-15-18(13-14-23-21)22(26)25-20-11-9-19(10-12-20)24-16(2)17-7-5-4-6-8-17/h4-16,24H,3H2,1-2H3,(H,25,26). The molecule has 1 atom stereocenters.